The van der Waals surface area contributed by atoms with Crippen molar-refractivity contribution in [1.29, 1.82) is 0 Å². The zero-order valence-electron chi connectivity index (χ0n) is 19.2. The molecular formula is C22H39IN6OS. The first-order valence-corrected chi connectivity index (χ1v) is 12.2. The normalized spacial score (nSPS) is 21.0. The van der Waals surface area contributed by atoms with Gasteiger partial charge in [0.05, 0.1) is 6.04 Å². The topological polar surface area (TPSA) is 63.2 Å². The van der Waals surface area contributed by atoms with Gasteiger partial charge in [0, 0.05) is 38.1 Å². The number of likely N-dealkylation sites (N-methyl/N-ethyl adjacent to an activating group) is 2. The van der Waals surface area contributed by atoms with Gasteiger partial charge in [-0.3, -0.25) is 14.6 Å². The van der Waals surface area contributed by atoms with Crippen molar-refractivity contribution in [3.05, 3.63) is 22.4 Å². The summed E-state index contributed by atoms with van der Waals surface area (Å²) in [5.74, 6) is 0.760. The molecule has 1 aromatic rings. The van der Waals surface area contributed by atoms with Crippen LogP contribution in [0.25, 0.3) is 0 Å². The summed E-state index contributed by atoms with van der Waals surface area (Å²) >= 11 is 1.82. The maximum atomic E-state index is 12.1. The summed E-state index contributed by atoms with van der Waals surface area (Å²) in [5.41, 5.74) is 0. The molecule has 9 heteroatoms. The van der Waals surface area contributed by atoms with Crippen LogP contribution in [0.3, 0.4) is 0 Å². The van der Waals surface area contributed by atoms with Crippen LogP contribution in [0.15, 0.2) is 22.5 Å². The molecule has 0 bridgehead atoms. The minimum atomic E-state index is 0. The summed E-state index contributed by atoms with van der Waals surface area (Å²) in [6.45, 7) is 8.61. The van der Waals surface area contributed by atoms with Crippen molar-refractivity contribution in [2.75, 3.05) is 59.9 Å². The number of aliphatic imine (C=N–C) groups is 1. The minimum absolute atomic E-state index is 0. The monoisotopic (exact) mass is 562 g/mol. The fraction of sp³-hybridized carbons (Fsp3) is 0.727. The molecule has 176 valence electrons. The first-order chi connectivity index (χ1) is 14.6. The molecule has 2 aliphatic heterocycles. The Morgan fingerprint density at radius 3 is 2.68 bits per heavy atom. The summed E-state index contributed by atoms with van der Waals surface area (Å²) in [6, 6.07) is 5.25. The van der Waals surface area contributed by atoms with Gasteiger partial charge in [-0.05, 0) is 63.3 Å². The van der Waals surface area contributed by atoms with Gasteiger partial charge in [-0.1, -0.05) is 13.0 Å². The first-order valence-electron chi connectivity index (χ1n) is 11.3. The minimum Gasteiger partial charge on any atom is -0.355 e. The Morgan fingerprint density at radius 2 is 2.03 bits per heavy atom. The lowest BCUT2D eigenvalue weighted by molar-refractivity contribution is -0.127. The fourth-order valence-corrected chi connectivity index (χ4v) is 5.22. The molecule has 0 radical (unpaired) electrons. The number of amides is 1. The van der Waals surface area contributed by atoms with E-state index in [9.17, 15) is 4.79 Å². The molecule has 1 amide bonds. The van der Waals surface area contributed by atoms with E-state index in [4.69, 9.17) is 0 Å². The molecule has 0 saturated carbocycles. The zero-order chi connectivity index (χ0) is 21.3. The SMILES string of the molecule is CCN1CCCC1CNC(=NCC(=O)N(C)C)NCC(c1cccs1)N1CCCC1.I. The second kappa shape index (κ2) is 13.6. The molecular weight excluding hydrogens is 523 g/mol. The highest BCUT2D eigenvalue weighted by Crippen LogP contribution is 2.27. The highest BCUT2D eigenvalue weighted by molar-refractivity contribution is 14.0. The third-order valence-electron chi connectivity index (χ3n) is 6.20. The second-order valence-corrected chi connectivity index (χ2v) is 9.39. The van der Waals surface area contributed by atoms with E-state index in [2.05, 4.69) is 49.9 Å². The molecule has 2 saturated heterocycles. The number of hydrogen-bond donors (Lipinski definition) is 2. The van der Waals surface area contributed by atoms with Crippen molar-refractivity contribution in [1.82, 2.24) is 25.3 Å². The molecule has 0 aliphatic carbocycles. The van der Waals surface area contributed by atoms with Crippen LogP contribution in [0.5, 0.6) is 0 Å². The van der Waals surface area contributed by atoms with Crippen LogP contribution in [-0.4, -0.2) is 92.5 Å². The third kappa shape index (κ3) is 7.87. The predicted octanol–water partition coefficient (Wildman–Crippen LogP) is 2.61. The van der Waals surface area contributed by atoms with Gasteiger partial charge in [-0.15, -0.1) is 35.3 Å². The molecule has 7 nitrogen and oxygen atoms in total. The maximum Gasteiger partial charge on any atom is 0.243 e. The highest BCUT2D eigenvalue weighted by atomic mass is 127. The number of carbonyl (C=O) groups excluding carboxylic acids is 1. The number of nitrogens with one attached hydrogen (secondary N) is 2. The van der Waals surface area contributed by atoms with Crippen LogP contribution in [0, 0.1) is 0 Å². The van der Waals surface area contributed by atoms with E-state index in [1.165, 1.54) is 37.1 Å². The van der Waals surface area contributed by atoms with Gasteiger partial charge in [0.2, 0.25) is 5.91 Å². The Hall–Kier alpha value is -0.910. The molecule has 0 spiro atoms. The standard InChI is InChI=1S/C22H38N6OS.HI/c1-4-27-13-7-9-18(27)15-23-22(25-17-21(29)26(2)3)24-16-19(20-10-8-14-30-20)28-11-5-6-12-28;/h8,10,14,18-19H,4-7,9,11-13,15-17H2,1-3H3,(H2,23,24,25);1H. The average Bonchev–Trinajstić information content (AvgIpc) is 3.51. The summed E-state index contributed by atoms with van der Waals surface area (Å²) in [7, 11) is 3.55. The van der Waals surface area contributed by atoms with Gasteiger partial charge in [0.25, 0.3) is 0 Å². The number of thiophene rings is 1. The lowest BCUT2D eigenvalue weighted by Gasteiger charge is -2.28. The van der Waals surface area contributed by atoms with E-state index in [0.29, 0.717) is 12.1 Å². The molecule has 1 aromatic heterocycles. The van der Waals surface area contributed by atoms with Crippen molar-refractivity contribution in [3.63, 3.8) is 0 Å². The van der Waals surface area contributed by atoms with E-state index in [-0.39, 0.29) is 36.4 Å². The molecule has 3 rings (SSSR count). The zero-order valence-corrected chi connectivity index (χ0v) is 22.3. The van der Waals surface area contributed by atoms with Gasteiger partial charge in [-0.25, -0.2) is 4.99 Å². The summed E-state index contributed by atoms with van der Waals surface area (Å²) in [4.78, 5) is 24.8. The number of nitrogens with zero attached hydrogens (tertiary/aromatic N) is 4. The third-order valence-corrected chi connectivity index (χ3v) is 7.17. The Balaban J connectivity index is 0.00000341. The van der Waals surface area contributed by atoms with E-state index in [0.717, 1.165) is 38.7 Å². The Labute approximate surface area is 208 Å². The van der Waals surface area contributed by atoms with Crippen molar-refractivity contribution < 1.29 is 4.79 Å². The van der Waals surface area contributed by atoms with E-state index < -0.39 is 0 Å². The lowest BCUT2D eigenvalue weighted by Crippen LogP contribution is -2.47. The van der Waals surface area contributed by atoms with Gasteiger partial charge in [0.1, 0.15) is 6.54 Å². The predicted molar refractivity (Wildman–Crippen MR) is 141 cm³/mol. The lowest BCUT2D eigenvalue weighted by atomic mass is 10.2. The van der Waals surface area contributed by atoms with Crippen LogP contribution < -0.4 is 10.6 Å². The quantitative estimate of drug-likeness (QED) is 0.275. The highest BCUT2D eigenvalue weighted by Gasteiger charge is 2.25. The van der Waals surface area contributed by atoms with Crippen molar-refractivity contribution in [3.8, 4) is 0 Å². The maximum absolute atomic E-state index is 12.1. The number of halogens is 1. The Morgan fingerprint density at radius 1 is 1.26 bits per heavy atom. The summed E-state index contributed by atoms with van der Waals surface area (Å²) in [5, 5.41) is 9.23. The van der Waals surface area contributed by atoms with E-state index in [1.54, 1.807) is 19.0 Å². The van der Waals surface area contributed by atoms with Crippen molar-refractivity contribution in [2.24, 2.45) is 4.99 Å². The van der Waals surface area contributed by atoms with Gasteiger partial charge in [0.15, 0.2) is 5.96 Å². The molecule has 2 unspecified atom stereocenters. The number of hydrogen-bond acceptors (Lipinski definition) is 5. The smallest absolute Gasteiger partial charge is 0.243 e. The number of likely N-dealkylation sites (tertiary alicyclic amines) is 2. The molecule has 2 fully saturated rings. The number of carbonyl (C=O) groups is 1. The molecule has 31 heavy (non-hydrogen) atoms. The Bertz CT molecular complexity index is 678. The van der Waals surface area contributed by atoms with Crippen LogP contribution in [-0.2, 0) is 4.79 Å². The van der Waals surface area contributed by atoms with Crippen molar-refractivity contribution >= 4 is 47.2 Å². The first kappa shape index (κ1) is 26.3. The molecule has 2 aliphatic rings. The van der Waals surface area contributed by atoms with E-state index >= 15 is 0 Å². The van der Waals surface area contributed by atoms with E-state index in [1.807, 2.05) is 11.3 Å². The largest absolute Gasteiger partial charge is 0.355 e. The van der Waals surface area contributed by atoms with Gasteiger partial charge in [-0.2, -0.15) is 0 Å². The Kier molecular flexibility index (Phi) is 11.6. The second-order valence-electron chi connectivity index (χ2n) is 8.41. The van der Waals surface area contributed by atoms with Crippen molar-refractivity contribution in [2.45, 2.75) is 44.7 Å². The summed E-state index contributed by atoms with van der Waals surface area (Å²) in [6.07, 6.45) is 5.02. The molecule has 2 atom stereocenters. The van der Waals surface area contributed by atoms with Crippen LogP contribution in [0.2, 0.25) is 0 Å². The molecule has 2 N–H and O–H groups in total. The van der Waals surface area contributed by atoms with Crippen LogP contribution in [0.4, 0.5) is 0 Å². The van der Waals surface area contributed by atoms with Crippen LogP contribution in [0.1, 0.15) is 43.5 Å². The number of guanidine groups is 1. The number of rotatable bonds is 9. The average molecular weight is 563 g/mol. The summed E-state index contributed by atoms with van der Waals surface area (Å²) < 4.78 is 0. The molecule has 3 heterocycles. The van der Waals surface area contributed by atoms with Gasteiger partial charge >= 0.3 is 0 Å². The fourth-order valence-electron chi connectivity index (χ4n) is 4.36. The van der Waals surface area contributed by atoms with Gasteiger partial charge < -0.3 is 15.5 Å². The molecule has 0 aromatic carbocycles. The van der Waals surface area contributed by atoms with Crippen LogP contribution >= 0.6 is 35.3 Å².